The third-order valence-corrected chi connectivity index (χ3v) is 4.32. The van der Waals surface area contributed by atoms with E-state index in [-0.39, 0.29) is 18.3 Å². The largest absolute Gasteiger partial charge is 0.496 e. The number of hydrogen-bond donors (Lipinski definition) is 0. The zero-order chi connectivity index (χ0) is 15.8. The molecule has 0 bridgehead atoms. The Morgan fingerprint density at radius 2 is 1.67 bits per heavy atom. The summed E-state index contributed by atoms with van der Waals surface area (Å²) in [5.41, 5.74) is 1.50. The summed E-state index contributed by atoms with van der Waals surface area (Å²) < 4.78 is 17.7. The SMILES string of the molecule is COc1cc(B2OC(C)(C)C(C)(C)O2)ccc1CN(C)C. The second-order valence-corrected chi connectivity index (χ2v) is 6.90. The fourth-order valence-corrected chi connectivity index (χ4v) is 2.36. The van der Waals surface area contributed by atoms with Crippen molar-refractivity contribution >= 4 is 12.6 Å². The second kappa shape index (κ2) is 5.63. The number of hydrogen-bond acceptors (Lipinski definition) is 4. The Morgan fingerprint density at radius 3 is 2.14 bits per heavy atom. The van der Waals surface area contributed by atoms with E-state index < -0.39 is 0 Å². The van der Waals surface area contributed by atoms with Crippen LogP contribution in [0, 0.1) is 0 Å². The summed E-state index contributed by atoms with van der Waals surface area (Å²) in [5.74, 6) is 0.871. The van der Waals surface area contributed by atoms with Gasteiger partial charge in [0.2, 0.25) is 0 Å². The summed E-state index contributed by atoms with van der Waals surface area (Å²) in [7, 11) is 5.43. The van der Waals surface area contributed by atoms with E-state index in [1.165, 1.54) is 0 Å². The van der Waals surface area contributed by atoms with E-state index in [9.17, 15) is 0 Å². The number of benzene rings is 1. The molecule has 1 fully saturated rings. The van der Waals surface area contributed by atoms with Gasteiger partial charge in [0.1, 0.15) is 5.75 Å². The fraction of sp³-hybridized carbons (Fsp3) is 0.625. The molecular weight excluding hydrogens is 265 g/mol. The summed E-state index contributed by atoms with van der Waals surface area (Å²) >= 11 is 0. The lowest BCUT2D eigenvalue weighted by Crippen LogP contribution is -2.41. The first-order chi connectivity index (χ1) is 9.66. The van der Waals surface area contributed by atoms with Crippen molar-refractivity contribution in [3.63, 3.8) is 0 Å². The minimum absolute atomic E-state index is 0.326. The molecule has 116 valence electrons. The van der Waals surface area contributed by atoms with Crippen molar-refractivity contribution in [3.8, 4) is 5.75 Å². The van der Waals surface area contributed by atoms with Gasteiger partial charge >= 0.3 is 7.12 Å². The van der Waals surface area contributed by atoms with Gasteiger partial charge in [-0.05, 0) is 53.3 Å². The van der Waals surface area contributed by atoms with E-state index in [1.54, 1.807) is 7.11 Å². The number of nitrogens with zero attached hydrogens (tertiary/aromatic N) is 1. The summed E-state index contributed by atoms with van der Waals surface area (Å²) in [6, 6.07) is 6.16. The molecule has 4 nitrogen and oxygen atoms in total. The summed E-state index contributed by atoms with van der Waals surface area (Å²) in [5, 5.41) is 0. The molecule has 0 spiro atoms. The Kier molecular flexibility index (Phi) is 4.38. The highest BCUT2D eigenvalue weighted by Crippen LogP contribution is 2.36. The molecule has 21 heavy (non-hydrogen) atoms. The lowest BCUT2D eigenvalue weighted by atomic mass is 9.78. The van der Waals surface area contributed by atoms with Crippen molar-refractivity contribution in [1.82, 2.24) is 4.90 Å². The molecule has 1 heterocycles. The van der Waals surface area contributed by atoms with Gasteiger partial charge in [0, 0.05) is 12.1 Å². The van der Waals surface area contributed by atoms with E-state index in [0.29, 0.717) is 0 Å². The van der Waals surface area contributed by atoms with Crippen molar-refractivity contribution in [2.75, 3.05) is 21.2 Å². The zero-order valence-corrected chi connectivity index (χ0v) is 14.2. The predicted octanol–water partition coefficient (Wildman–Crippen LogP) is 2.06. The van der Waals surface area contributed by atoms with Crippen LogP contribution in [0.25, 0.3) is 0 Å². The first-order valence-corrected chi connectivity index (χ1v) is 7.33. The summed E-state index contributed by atoms with van der Waals surface area (Å²) in [4.78, 5) is 2.12. The smallest absolute Gasteiger partial charge is 0.494 e. The lowest BCUT2D eigenvalue weighted by molar-refractivity contribution is 0.00578. The molecule has 0 atom stereocenters. The molecule has 1 aliphatic rings. The number of rotatable bonds is 4. The van der Waals surface area contributed by atoms with Crippen LogP contribution >= 0.6 is 0 Å². The van der Waals surface area contributed by atoms with Gasteiger partial charge in [-0.3, -0.25) is 0 Å². The van der Waals surface area contributed by atoms with Gasteiger partial charge < -0.3 is 18.9 Å². The van der Waals surface area contributed by atoms with Crippen molar-refractivity contribution in [1.29, 1.82) is 0 Å². The average molecular weight is 291 g/mol. The van der Waals surface area contributed by atoms with Gasteiger partial charge in [-0.25, -0.2) is 0 Å². The van der Waals surface area contributed by atoms with Crippen LogP contribution in [0.1, 0.15) is 33.3 Å². The molecular formula is C16H26BNO3. The second-order valence-electron chi connectivity index (χ2n) is 6.90. The van der Waals surface area contributed by atoms with Crippen LogP contribution in [0.15, 0.2) is 18.2 Å². The van der Waals surface area contributed by atoms with Crippen LogP contribution in [0.5, 0.6) is 5.75 Å². The van der Waals surface area contributed by atoms with Crippen LogP contribution in [0.3, 0.4) is 0 Å². The van der Waals surface area contributed by atoms with E-state index in [2.05, 4.69) is 44.7 Å². The number of methoxy groups -OCH3 is 1. The van der Waals surface area contributed by atoms with E-state index in [4.69, 9.17) is 14.0 Å². The minimum atomic E-state index is -0.350. The Bertz CT molecular complexity index is 498. The molecule has 1 aromatic rings. The third-order valence-electron chi connectivity index (χ3n) is 4.32. The highest BCUT2D eigenvalue weighted by Gasteiger charge is 2.51. The Labute approximate surface area is 128 Å². The van der Waals surface area contributed by atoms with Crippen molar-refractivity contribution in [3.05, 3.63) is 23.8 Å². The molecule has 1 aromatic carbocycles. The van der Waals surface area contributed by atoms with Crippen molar-refractivity contribution < 1.29 is 14.0 Å². The maximum Gasteiger partial charge on any atom is 0.494 e. The quantitative estimate of drug-likeness (QED) is 0.795. The fourth-order valence-electron chi connectivity index (χ4n) is 2.36. The van der Waals surface area contributed by atoms with Gasteiger partial charge in [-0.15, -0.1) is 0 Å². The van der Waals surface area contributed by atoms with Crippen LogP contribution < -0.4 is 10.2 Å². The summed E-state index contributed by atoms with van der Waals surface area (Å²) in [6.45, 7) is 9.08. The van der Waals surface area contributed by atoms with Gasteiger partial charge in [0.05, 0.1) is 18.3 Å². The maximum atomic E-state index is 6.08. The van der Waals surface area contributed by atoms with Gasteiger partial charge in [0.25, 0.3) is 0 Å². The van der Waals surface area contributed by atoms with Crippen LogP contribution in [-0.4, -0.2) is 44.4 Å². The third kappa shape index (κ3) is 3.25. The highest BCUT2D eigenvalue weighted by atomic mass is 16.7. The summed E-state index contributed by atoms with van der Waals surface area (Å²) in [6.07, 6.45) is 0. The molecule has 0 unspecified atom stereocenters. The maximum absolute atomic E-state index is 6.08. The van der Waals surface area contributed by atoms with Crippen molar-refractivity contribution in [2.45, 2.75) is 45.4 Å². The first kappa shape index (κ1) is 16.3. The average Bonchev–Trinajstić information content (AvgIpc) is 2.58. The lowest BCUT2D eigenvalue weighted by Gasteiger charge is -2.32. The van der Waals surface area contributed by atoms with Crippen LogP contribution in [-0.2, 0) is 15.9 Å². The van der Waals surface area contributed by atoms with Crippen LogP contribution in [0.4, 0.5) is 0 Å². The molecule has 1 aliphatic heterocycles. The standard InChI is InChI=1S/C16H26BNO3/c1-15(2)16(3,4)21-17(20-15)13-9-8-12(11-18(5)6)14(10-13)19-7/h8-10H,11H2,1-7H3. The molecule has 0 radical (unpaired) electrons. The van der Waals surface area contributed by atoms with Gasteiger partial charge in [-0.2, -0.15) is 0 Å². The molecule has 5 heteroatoms. The normalized spacial score (nSPS) is 20.1. The monoisotopic (exact) mass is 291 g/mol. The Hall–Kier alpha value is -1.04. The van der Waals surface area contributed by atoms with E-state index >= 15 is 0 Å². The topological polar surface area (TPSA) is 30.9 Å². The van der Waals surface area contributed by atoms with Gasteiger partial charge in [-0.1, -0.05) is 12.1 Å². The molecule has 0 saturated carbocycles. The molecule has 0 aromatic heterocycles. The molecule has 1 saturated heterocycles. The number of ether oxygens (including phenoxy) is 1. The highest BCUT2D eigenvalue weighted by molar-refractivity contribution is 6.62. The predicted molar refractivity (Wildman–Crippen MR) is 86.1 cm³/mol. The Morgan fingerprint density at radius 1 is 1.10 bits per heavy atom. The van der Waals surface area contributed by atoms with Gasteiger partial charge in [0.15, 0.2) is 0 Å². The van der Waals surface area contributed by atoms with E-state index in [0.717, 1.165) is 23.3 Å². The molecule has 2 rings (SSSR count). The molecule has 0 N–H and O–H groups in total. The van der Waals surface area contributed by atoms with Crippen molar-refractivity contribution in [2.24, 2.45) is 0 Å². The Balaban J connectivity index is 2.26. The minimum Gasteiger partial charge on any atom is -0.496 e. The van der Waals surface area contributed by atoms with Crippen LogP contribution in [0.2, 0.25) is 0 Å². The zero-order valence-electron chi connectivity index (χ0n) is 14.2. The first-order valence-electron chi connectivity index (χ1n) is 7.33. The molecule has 0 amide bonds. The van der Waals surface area contributed by atoms with E-state index in [1.807, 2.05) is 20.2 Å². The molecule has 0 aliphatic carbocycles.